The number of hydrogen-bond donors (Lipinski definition) is 1. The molecular formula is C19H22F2N2O2S. The van der Waals surface area contributed by atoms with E-state index in [1.54, 1.807) is 19.1 Å². The molecule has 1 N–H and O–H groups in total. The Morgan fingerprint density at radius 1 is 1.08 bits per heavy atom. The summed E-state index contributed by atoms with van der Waals surface area (Å²) in [5.41, 5.74) is 1.44. The molecule has 0 atom stereocenters. The Morgan fingerprint density at radius 3 is 2.35 bits per heavy atom. The highest BCUT2D eigenvalue weighted by Gasteiger charge is 2.25. The number of aryl methyl sites for hydroxylation is 1. The lowest BCUT2D eigenvalue weighted by atomic mass is 10.1. The summed E-state index contributed by atoms with van der Waals surface area (Å²) in [6.45, 7) is 3.79. The predicted molar refractivity (Wildman–Crippen MR) is 96.2 cm³/mol. The van der Waals surface area contributed by atoms with Gasteiger partial charge >= 0.3 is 0 Å². The number of nitrogens with one attached hydrogen (secondary N) is 1. The molecule has 0 radical (unpaired) electrons. The van der Waals surface area contributed by atoms with Crippen LogP contribution in [0.3, 0.4) is 0 Å². The monoisotopic (exact) mass is 380 g/mol. The van der Waals surface area contributed by atoms with Crippen LogP contribution in [0.15, 0.2) is 47.4 Å². The maximum atomic E-state index is 13.6. The van der Waals surface area contributed by atoms with Crippen molar-refractivity contribution in [3.8, 4) is 0 Å². The fourth-order valence-corrected chi connectivity index (χ4v) is 4.40. The molecule has 4 nitrogen and oxygen atoms in total. The Balaban J connectivity index is 1.56. The molecule has 0 saturated carbocycles. The van der Waals surface area contributed by atoms with Gasteiger partial charge in [0.15, 0.2) is 0 Å². The van der Waals surface area contributed by atoms with Crippen LogP contribution in [0, 0.1) is 18.6 Å². The van der Waals surface area contributed by atoms with Crippen molar-refractivity contribution in [3.05, 3.63) is 65.2 Å². The maximum absolute atomic E-state index is 13.6. The van der Waals surface area contributed by atoms with Gasteiger partial charge in [-0.25, -0.2) is 21.9 Å². The third kappa shape index (κ3) is 4.66. The molecule has 7 heteroatoms. The Hall–Kier alpha value is -1.83. The average Bonchev–Trinajstić information content (AvgIpc) is 2.61. The molecule has 1 aliphatic heterocycles. The molecule has 26 heavy (non-hydrogen) atoms. The second kappa shape index (κ2) is 7.82. The Morgan fingerprint density at radius 2 is 1.73 bits per heavy atom. The number of likely N-dealkylation sites (tertiary alicyclic amines) is 1. The number of benzene rings is 2. The van der Waals surface area contributed by atoms with Gasteiger partial charge in [-0.05, 0) is 55.2 Å². The standard InChI is InChI=1S/C19H22F2N2O2S/c1-14-2-7-18(12-19(14)21)26(24,25)22-17-8-10-23(11-9-17)13-15-3-5-16(20)6-4-15/h2-7,12,17,22H,8-11,13H2,1H3. The second-order valence-corrected chi connectivity index (χ2v) is 8.42. The van der Waals surface area contributed by atoms with Crippen molar-refractivity contribution in [2.75, 3.05) is 13.1 Å². The second-order valence-electron chi connectivity index (χ2n) is 6.71. The summed E-state index contributed by atoms with van der Waals surface area (Å²) in [5.74, 6) is -0.781. The molecular weight excluding hydrogens is 358 g/mol. The quantitative estimate of drug-likeness (QED) is 0.867. The van der Waals surface area contributed by atoms with Gasteiger partial charge in [-0.3, -0.25) is 4.90 Å². The van der Waals surface area contributed by atoms with Gasteiger partial charge in [-0.1, -0.05) is 18.2 Å². The summed E-state index contributed by atoms with van der Waals surface area (Å²) in [6.07, 6.45) is 1.35. The van der Waals surface area contributed by atoms with Crippen LogP contribution in [0.1, 0.15) is 24.0 Å². The van der Waals surface area contributed by atoms with Crippen molar-refractivity contribution in [1.29, 1.82) is 0 Å². The van der Waals surface area contributed by atoms with Crippen molar-refractivity contribution in [1.82, 2.24) is 9.62 Å². The van der Waals surface area contributed by atoms with E-state index >= 15 is 0 Å². The van der Waals surface area contributed by atoms with Gasteiger partial charge in [-0.15, -0.1) is 0 Å². The van der Waals surface area contributed by atoms with E-state index in [0.717, 1.165) is 24.7 Å². The molecule has 0 aromatic heterocycles. The first-order chi connectivity index (χ1) is 12.3. The van der Waals surface area contributed by atoms with Crippen LogP contribution in [0.4, 0.5) is 8.78 Å². The molecule has 0 unspecified atom stereocenters. The number of nitrogens with zero attached hydrogens (tertiary/aromatic N) is 1. The summed E-state index contributed by atoms with van der Waals surface area (Å²) in [4.78, 5) is 2.16. The van der Waals surface area contributed by atoms with Crippen molar-refractivity contribution >= 4 is 10.0 Å². The summed E-state index contributed by atoms with van der Waals surface area (Å²) in [5, 5.41) is 0. The van der Waals surface area contributed by atoms with E-state index in [2.05, 4.69) is 9.62 Å². The van der Waals surface area contributed by atoms with Crippen LogP contribution in [0.2, 0.25) is 0 Å². The zero-order valence-corrected chi connectivity index (χ0v) is 15.4. The number of halogens is 2. The third-order valence-corrected chi connectivity index (χ3v) is 6.20. The summed E-state index contributed by atoms with van der Waals surface area (Å²) < 4.78 is 54.2. The highest BCUT2D eigenvalue weighted by Crippen LogP contribution is 2.18. The predicted octanol–water partition coefficient (Wildman–Crippen LogP) is 3.22. The fraction of sp³-hybridized carbons (Fsp3) is 0.368. The van der Waals surface area contributed by atoms with Gasteiger partial charge in [0.2, 0.25) is 10.0 Å². The molecule has 1 saturated heterocycles. The molecule has 0 spiro atoms. The number of hydrogen-bond acceptors (Lipinski definition) is 3. The van der Waals surface area contributed by atoms with Crippen LogP contribution >= 0.6 is 0 Å². The molecule has 0 bridgehead atoms. The summed E-state index contributed by atoms with van der Waals surface area (Å²) in [6, 6.07) is 10.2. The minimum atomic E-state index is -3.73. The van der Waals surface area contributed by atoms with Gasteiger partial charge in [-0.2, -0.15) is 0 Å². The van der Waals surface area contributed by atoms with Crippen LogP contribution in [0.25, 0.3) is 0 Å². The first-order valence-corrected chi connectivity index (χ1v) is 10.1. The Labute approximate surface area is 152 Å². The molecule has 1 aliphatic rings. The van der Waals surface area contributed by atoms with E-state index < -0.39 is 15.8 Å². The topological polar surface area (TPSA) is 49.4 Å². The summed E-state index contributed by atoms with van der Waals surface area (Å²) >= 11 is 0. The van der Waals surface area contributed by atoms with Crippen molar-refractivity contribution < 1.29 is 17.2 Å². The van der Waals surface area contributed by atoms with Gasteiger partial charge < -0.3 is 0 Å². The van der Waals surface area contributed by atoms with E-state index in [4.69, 9.17) is 0 Å². The fourth-order valence-electron chi connectivity index (χ4n) is 3.09. The zero-order valence-electron chi connectivity index (χ0n) is 14.6. The van der Waals surface area contributed by atoms with Gasteiger partial charge in [0.05, 0.1) is 4.90 Å². The van der Waals surface area contributed by atoms with Crippen molar-refractivity contribution in [2.24, 2.45) is 0 Å². The SMILES string of the molecule is Cc1ccc(S(=O)(=O)NC2CCN(Cc3ccc(F)cc3)CC2)cc1F. The van der Waals surface area contributed by atoms with Crippen LogP contribution in [-0.2, 0) is 16.6 Å². The minimum Gasteiger partial charge on any atom is -0.299 e. The highest BCUT2D eigenvalue weighted by molar-refractivity contribution is 7.89. The number of piperidine rings is 1. The molecule has 1 heterocycles. The molecule has 0 aliphatic carbocycles. The van der Waals surface area contributed by atoms with Crippen LogP contribution in [-0.4, -0.2) is 32.4 Å². The highest BCUT2D eigenvalue weighted by atomic mass is 32.2. The van der Waals surface area contributed by atoms with E-state index in [0.29, 0.717) is 24.9 Å². The molecule has 3 rings (SSSR count). The van der Waals surface area contributed by atoms with Gasteiger partial charge in [0, 0.05) is 25.7 Å². The normalized spacial score (nSPS) is 16.7. The van der Waals surface area contributed by atoms with Crippen molar-refractivity contribution in [3.63, 3.8) is 0 Å². The van der Waals surface area contributed by atoms with Crippen molar-refractivity contribution in [2.45, 2.75) is 37.2 Å². The van der Waals surface area contributed by atoms with E-state index in [1.165, 1.54) is 24.3 Å². The summed E-state index contributed by atoms with van der Waals surface area (Å²) in [7, 11) is -3.73. The molecule has 140 valence electrons. The van der Waals surface area contributed by atoms with E-state index in [9.17, 15) is 17.2 Å². The van der Waals surface area contributed by atoms with Gasteiger partial charge in [0.25, 0.3) is 0 Å². The first kappa shape index (κ1) is 18.9. The maximum Gasteiger partial charge on any atom is 0.240 e. The smallest absolute Gasteiger partial charge is 0.240 e. The Kier molecular flexibility index (Phi) is 5.70. The largest absolute Gasteiger partial charge is 0.299 e. The zero-order chi connectivity index (χ0) is 18.7. The van der Waals surface area contributed by atoms with E-state index in [-0.39, 0.29) is 16.8 Å². The van der Waals surface area contributed by atoms with E-state index in [1.807, 2.05) is 0 Å². The average molecular weight is 380 g/mol. The van der Waals surface area contributed by atoms with Gasteiger partial charge in [0.1, 0.15) is 11.6 Å². The lowest BCUT2D eigenvalue weighted by Crippen LogP contribution is -2.44. The number of sulfonamides is 1. The Bertz CT molecular complexity index is 862. The lowest BCUT2D eigenvalue weighted by molar-refractivity contribution is 0.200. The lowest BCUT2D eigenvalue weighted by Gasteiger charge is -2.32. The molecule has 1 fully saturated rings. The third-order valence-electron chi connectivity index (χ3n) is 4.68. The first-order valence-electron chi connectivity index (χ1n) is 8.59. The molecule has 2 aromatic rings. The van der Waals surface area contributed by atoms with Crippen LogP contribution in [0.5, 0.6) is 0 Å². The molecule has 0 amide bonds. The molecule has 2 aromatic carbocycles. The minimum absolute atomic E-state index is 0.0469. The number of rotatable bonds is 5. The van der Waals surface area contributed by atoms with Crippen LogP contribution < -0.4 is 4.72 Å².